The molecule has 0 radical (unpaired) electrons. The van der Waals surface area contributed by atoms with Crippen molar-refractivity contribution in [3.8, 4) is 0 Å². The number of rotatable bonds is 1. The fourth-order valence-corrected chi connectivity index (χ4v) is 1.14. The van der Waals surface area contributed by atoms with Gasteiger partial charge in [0.2, 0.25) is 0 Å². The molecule has 0 amide bonds. The Hall–Kier alpha value is -1.62. The van der Waals surface area contributed by atoms with E-state index >= 15 is 0 Å². The second-order valence-corrected chi connectivity index (χ2v) is 2.80. The van der Waals surface area contributed by atoms with Gasteiger partial charge in [-0.15, -0.1) is 0 Å². The highest BCUT2D eigenvalue weighted by Crippen LogP contribution is 2.09. The Bertz CT molecular complexity index is 480. The molecule has 0 atom stereocenters. The highest BCUT2D eigenvalue weighted by molar-refractivity contribution is 6.29. The van der Waals surface area contributed by atoms with Crippen molar-refractivity contribution < 1.29 is 9.90 Å². The van der Waals surface area contributed by atoms with E-state index < -0.39 is 5.97 Å². The second-order valence-electron chi connectivity index (χ2n) is 2.42. The van der Waals surface area contributed by atoms with Crippen molar-refractivity contribution in [3.05, 3.63) is 29.2 Å². The normalized spacial score (nSPS) is 10.5. The third-order valence-corrected chi connectivity index (χ3v) is 1.72. The zero-order chi connectivity index (χ0) is 9.42. The fourth-order valence-electron chi connectivity index (χ4n) is 0.958. The molecule has 0 aromatic carbocycles. The SMILES string of the molecule is O=C(O)c1cnc2cc(Cl)nn2c1. The van der Waals surface area contributed by atoms with Gasteiger partial charge in [0.25, 0.3) is 0 Å². The second kappa shape index (κ2) is 2.70. The third kappa shape index (κ3) is 1.33. The van der Waals surface area contributed by atoms with E-state index in [1.807, 2.05) is 0 Å². The first-order valence-corrected chi connectivity index (χ1v) is 3.79. The number of carboxylic acid groups (broad SMARTS) is 1. The van der Waals surface area contributed by atoms with Gasteiger partial charge in [-0.1, -0.05) is 11.6 Å². The van der Waals surface area contributed by atoms with Gasteiger partial charge in [-0.25, -0.2) is 14.3 Å². The predicted octanol–water partition coefficient (Wildman–Crippen LogP) is 1.08. The lowest BCUT2D eigenvalue weighted by atomic mass is 10.3. The van der Waals surface area contributed by atoms with Crippen LogP contribution >= 0.6 is 11.6 Å². The minimum absolute atomic E-state index is 0.0762. The van der Waals surface area contributed by atoms with Crippen LogP contribution in [-0.4, -0.2) is 25.7 Å². The highest BCUT2D eigenvalue weighted by atomic mass is 35.5. The molecule has 5 nitrogen and oxygen atoms in total. The average Bonchev–Trinajstić information content (AvgIpc) is 2.42. The zero-order valence-electron chi connectivity index (χ0n) is 6.31. The number of aromatic nitrogens is 3. The van der Waals surface area contributed by atoms with Crippen LogP contribution < -0.4 is 0 Å². The minimum Gasteiger partial charge on any atom is -0.478 e. The summed E-state index contributed by atoms with van der Waals surface area (Å²) in [6.45, 7) is 0. The van der Waals surface area contributed by atoms with Crippen molar-refractivity contribution in [1.29, 1.82) is 0 Å². The van der Waals surface area contributed by atoms with Crippen molar-refractivity contribution in [2.24, 2.45) is 0 Å². The molecule has 2 aromatic rings. The average molecular weight is 198 g/mol. The number of nitrogens with zero attached hydrogens (tertiary/aromatic N) is 3. The summed E-state index contributed by atoms with van der Waals surface area (Å²) < 4.78 is 1.33. The van der Waals surface area contributed by atoms with Gasteiger partial charge in [0.05, 0.1) is 5.56 Å². The van der Waals surface area contributed by atoms with E-state index in [1.165, 1.54) is 16.9 Å². The van der Waals surface area contributed by atoms with Gasteiger partial charge in [-0.05, 0) is 0 Å². The number of hydrogen-bond donors (Lipinski definition) is 1. The zero-order valence-corrected chi connectivity index (χ0v) is 7.06. The van der Waals surface area contributed by atoms with E-state index in [9.17, 15) is 4.79 Å². The first kappa shape index (κ1) is 8.00. The third-order valence-electron chi connectivity index (χ3n) is 1.53. The maximum atomic E-state index is 10.5. The quantitative estimate of drug-likeness (QED) is 0.743. The molecule has 13 heavy (non-hydrogen) atoms. The standard InChI is InChI=1S/C7H4ClN3O2/c8-5-1-6-9-2-4(7(12)13)3-11(6)10-5/h1-3H,(H,12,13). The smallest absolute Gasteiger partial charge is 0.338 e. The molecular weight excluding hydrogens is 194 g/mol. The monoisotopic (exact) mass is 197 g/mol. The summed E-state index contributed by atoms with van der Waals surface area (Å²) in [5.41, 5.74) is 0.599. The lowest BCUT2D eigenvalue weighted by molar-refractivity contribution is 0.0695. The Labute approximate surface area is 77.6 Å². The number of carbonyl (C=O) groups is 1. The molecule has 0 unspecified atom stereocenters. The maximum absolute atomic E-state index is 10.5. The van der Waals surface area contributed by atoms with Gasteiger partial charge in [0.15, 0.2) is 10.8 Å². The van der Waals surface area contributed by atoms with Crippen molar-refractivity contribution in [2.75, 3.05) is 0 Å². The molecule has 0 spiro atoms. The number of hydrogen-bond acceptors (Lipinski definition) is 3. The summed E-state index contributed by atoms with van der Waals surface area (Å²) in [5, 5.41) is 12.7. The molecule has 6 heteroatoms. The van der Waals surface area contributed by atoms with Crippen LogP contribution in [0.15, 0.2) is 18.5 Å². The van der Waals surface area contributed by atoms with E-state index in [2.05, 4.69) is 10.1 Å². The molecule has 0 saturated heterocycles. The summed E-state index contributed by atoms with van der Waals surface area (Å²) in [6, 6.07) is 1.55. The molecule has 0 fully saturated rings. The Balaban J connectivity index is 2.67. The molecule has 2 aromatic heterocycles. The van der Waals surface area contributed by atoms with Gasteiger partial charge >= 0.3 is 5.97 Å². The van der Waals surface area contributed by atoms with Gasteiger partial charge < -0.3 is 5.11 Å². The molecule has 66 valence electrons. The highest BCUT2D eigenvalue weighted by Gasteiger charge is 2.06. The molecular formula is C7H4ClN3O2. The summed E-state index contributed by atoms with van der Waals surface area (Å²) in [6.07, 6.45) is 2.62. The number of carboxylic acids is 1. The van der Waals surface area contributed by atoms with Crippen LogP contribution in [0.5, 0.6) is 0 Å². The van der Waals surface area contributed by atoms with Crippen LogP contribution in [0, 0.1) is 0 Å². The van der Waals surface area contributed by atoms with E-state index in [4.69, 9.17) is 16.7 Å². The maximum Gasteiger partial charge on any atom is 0.338 e. The molecule has 2 heterocycles. The Kier molecular flexibility index (Phi) is 1.66. The lowest BCUT2D eigenvalue weighted by Gasteiger charge is -1.93. The van der Waals surface area contributed by atoms with Gasteiger partial charge in [-0.3, -0.25) is 0 Å². The molecule has 1 N–H and O–H groups in total. The largest absolute Gasteiger partial charge is 0.478 e. The lowest BCUT2D eigenvalue weighted by Crippen LogP contribution is -2.00. The molecule has 2 rings (SSSR count). The van der Waals surface area contributed by atoms with E-state index in [0.29, 0.717) is 5.65 Å². The molecule has 0 bridgehead atoms. The van der Waals surface area contributed by atoms with Crippen molar-refractivity contribution in [3.63, 3.8) is 0 Å². The Morgan fingerprint density at radius 3 is 3.08 bits per heavy atom. The number of aromatic carboxylic acids is 1. The fraction of sp³-hybridized carbons (Fsp3) is 0. The Morgan fingerprint density at radius 2 is 2.38 bits per heavy atom. The summed E-state index contributed by atoms with van der Waals surface area (Å²) in [5.74, 6) is -1.04. The van der Waals surface area contributed by atoms with E-state index in [1.54, 1.807) is 6.07 Å². The Morgan fingerprint density at radius 1 is 1.62 bits per heavy atom. The summed E-state index contributed by atoms with van der Waals surface area (Å²) >= 11 is 5.60. The van der Waals surface area contributed by atoms with Crippen molar-refractivity contribution in [2.45, 2.75) is 0 Å². The van der Waals surface area contributed by atoms with Crippen LogP contribution in [-0.2, 0) is 0 Å². The van der Waals surface area contributed by atoms with Crippen LogP contribution in [0.4, 0.5) is 0 Å². The van der Waals surface area contributed by atoms with Gasteiger partial charge in [0.1, 0.15) is 0 Å². The van der Waals surface area contributed by atoms with Crippen molar-refractivity contribution in [1.82, 2.24) is 14.6 Å². The first-order valence-electron chi connectivity index (χ1n) is 3.41. The predicted molar refractivity (Wildman–Crippen MR) is 45.0 cm³/mol. The number of halogens is 1. The van der Waals surface area contributed by atoms with Crippen LogP contribution in [0.1, 0.15) is 10.4 Å². The summed E-state index contributed by atoms with van der Waals surface area (Å²) in [4.78, 5) is 14.4. The summed E-state index contributed by atoms with van der Waals surface area (Å²) in [7, 11) is 0. The van der Waals surface area contributed by atoms with Gasteiger partial charge in [-0.2, -0.15) is 5.10 Å². The molecule has 0 aliphatic heterocycles. The van der Waals surface area contributed by atoms with Crippen LogP contribution in [0.2, 0.25) is 5.15 Å². The van der Waals surface area contributed by atoms with E-state index in [0.717, 1.165) is 0 Å². The van der Waals surface area contributed by atoms with Crippen molar-refractivity contribution >= 4 is 23.2 Å². The van der Waals surface area contributed by atoms with Crippen LogP contribution in [0.3, 0.4) is 0 Å². The topological polar surface area (TPSA) is 67.5 Å². The van der Waals surface area contributed by atoms with E-state index in [-0.39, 0.29) is 10.7 Å². The number of fused-ring (bicyclic) bond motifs is 1. The minimum atomic E-state index is -1.04. The molecule has 0 aliphatic carbocycles. The molecule has 0 saturated carbocycles. The molecule has 0 aliphatic rings. The van der Waals surface area contributed by atoms with Gasteiger partial charge in [0, 0.05) is 18.5 Å². The van der Waals surface area contributed by atoms with Crippen LogP contribution in [0.25, 0.3) is 5.65 Å². The first-order chi connectivity index (χ1) is 6.16.